The number of thiazole rings is 1. The molecule has 0 fully saturated rings. The van der Waals surface area contributed by atoms with Crippen LogP contribution in [0.2, 0.25) is 0 Å². The maximum absolute atomic E-state index is 11.1. The van der Waals surface area contributed by atoms with Crippen LogP contribution in [0.3, 0.4) is 0 Å². The molecule has 0 spiro atoms. The third kappa shape index (κ3) is 4.04. The Bertz CT molecular complexity index is 1230. The third-order valence-corrected chi connectivity index (χ3v) is 5.48. The van der Waals surface area contributed by atoms with Crippen molar-refractivity contribution in [2.24, 2.45) is 0 Å². The molecule has 8 nitrogen and oxygen atoms in total. The lowest BCUT2D eigenvalue weighted by Gasteiger charge is -2.15. The summed E-state index contributed by atoms with van der Waals surface area (Å²) in [6.07, 6.45) is 3.49. The highest BCUT2D eigenvalue weighted by Gasteiger charge is 2.14. The first-order valence-electron chi connectivity index (χ1n) is 8.75. The maximum atomic E-state index is 11.1. The van der Waals surface area contributed by atoms with E-state index in [1.54, 1.807) is 12.4 Å². The van der Waals surface area contributed by atoms with Crippen LogP contribution in [0.1, 0.15) is 0 Å². The average molecular weight is 438 g/mol. The van der Waals surface area contributed by atoms with E-state index in [1.807, 2.05) is 30.3 Å². The van der Waals surface area contributed by atoms with E-state index in [4.69, 9.17) is 17.0 Å². The van der Waals surface area contributed by atoms with Gasteiger partial charge in [-0.3, -0.25) is 15.1 Å². The second-order valence-electron chi connectivity index (χ2n) is 6.13. The third-order valence-electron chi connectivity index (χ3n) is 4.24. The molecule has 0 radical (unpaired) electrons. The molecule has 2 aromatic carbocycles. The van der Waals surface area contributed by atoms with Crippen molar-refractivity contribution in [3.05, 3.63) is 71.0 Å². The van der Waals surface area contributed by atoms with Crippen molar-refractivity contribution in [1.82, 2.24) is 9.97 Å². The van der Waals surface area contributed by atoms with Crippen molar-refractivity contribution in [3.8, 4) is 16.3 Å². The van der Waals surface area contributed by atoms with Crippen LogP contribution in [0.4, 0.5) is 17.1 Å². The van der Waals surface area contributed by atoms with Crippen LogP contribution in [0.5, 0.6) is 5.75 Å². The van der Waals surface area contributed by atoms with Crippen LogP contribution in [0, 0.1) is 10.1 Å². The number of aromatic nitrogens is 2. The zero-order valence-electron chi connectivity index (χ0n) is 15.7. The summed E-state index contributed by atoms with van der Waals surface area (Å²) in [4.78, 5) is 19.4. The van der Waals surface area contributed by atoms with Crippen LogP contribution < -0.4 is 15.4 Å². The van der Waals surface area contributed by atoms with E-state index >= 15 is 0 Å². The fourth-order valence-electron chi connectivity index (χ4n) is 2.86. The Morgan fingerprint density at radius 2 is 1.97 bits per heavy atom. The Labute approximate surface area is 180 Å². The molecule has 10 heteroatoms. The SMILES string of the molecule is COc1ccc([N+](=O)[O-])cc1NC(=S)Nc1ccccc1-c1nc2ccncc2s1. The van der Waals surface area contributed by atoms with Crippen molar-refractivity contribution in [2.75, 3.05) is 17.7 Å². The number of nitro benzene ring substituents is 1. The average Bonchev–Trinajstić information content (AvgIpc) is 3.18. The standard InChI is InChI=1S/C20H15N5O3S2/c1-28-17-7-6-12(25(26)27)10-16(17)24-20(29)23-14-5-3-2-4-13(14)19-22-15-8-9-21-11-18(15)30-19/h2-11H,1H3,(H2,23,24,29). The first kappa shape index (κ1) is 19.7. The highest BCUT2D eigenvalue weighted by Crippen LogP contribution is 2.34. The molecule has 0 aliphatic rings. The Kier molecular flexibility index (Phi) is 5.50. The minimum absolute atomic E-state index is 0.0652. The van der Waals surface area contributed by atoms with E-state index in [9.17, 15) is 10.1 Å². The smallest absolute Gasteiger partial charge is 0.271 e. The van der Waals surface area contributed by atoms with E-state index in [-0.39, 0.29) is 10.8 Å². The molecule has 0 atom stereocenters. The van der Waals surface area contributed by atoms with Gasteiger partial charge in [0.15, 0.2) is 5.11 Å². The van der Waals surface area contributed by atoms with Gasteiger partial charge in [-0.1, -0.05) is 12.1 Å². The van der Waals surface area contributed by atoms with Crippen LogP contribution in [0.25, 0.3) is 20.8 Å². The zero-order valence-corrected chi connectivity index (χ0v) is 17.3. The lowest BCUT2D eigenvalue weighted by molar-refractivity contribution is -0.384. The van der Waals surface area contributed by atoms with E-state index in [0.29, 0.717) is 11.4 Å². The monoisotopic (exact) mass is 437 g/mol. The molecule has 2 aromatic heterocycles. The number of ether oxygens (including phenoxy) is 1. The number of nitro groups is 1. The second-order valence-corrected chi connectivity index (χ2v) is 7.57. The number of nitrogens with one attached hydrogen (secondary N) is 2. The molecule has 0 unspecified atom stereocenters. The Balaban J connectivity index is 1.60. The number of nitrogens with zero attached hydrogens (tertiary/aromatic N) is 3. The Morgan fingerprint density at radius 1 is 1.17 bits per heavy atom. The van der Waals surface area contributed by atoms with Crippen molar-refractivity contribution in [3.63, 3.8) is 0 Å². The molecular weight excluding hydrogens is 422 g/mol. The largest absolute Gasteiger partial charge is 0.495 e. The summed E-state index contributed by atoms with van der Waals surface area (Å²) >= 11 is 6.97. The van der Waals surface area contributed by atoms with Crippen LogP contribution >= 0.6 is 23.6 Å². The number of non-ortho nitro benzene ring substituents is 1. The fourth-order valence-corrected chi connectivity index (χ4v) is 4.05. The van der Waals surface area contributed by atoms with Gasteiger partial charge in [0.2, 0.25) is 0 Å². The number of hydrogen-bond acceptors (Lipinski definition) is 7. The number of anilines is 2. The normalized spacial score (nSPS) is 10.6. The lowest BCUT2D eigenvalue weighted by atomic mass is 10.2. The number of benzene rings is 2. The maximum Gasteiger partial charge on any atom is 0.271 e. The van der Waals surface area contributed by atoms with E-state index in [1.165, 1.54) is 36.6 Å². The Hall–Kier alpha value is -3.63. The molecule has 30 heavy (non-hydrogen) atoms. The number of para-hydroxylation sites is 1. The summed E-state index contributed by atoms with van der Waals surface area (Å²) in [6.45, 7) is 0. The summed E-state index contributed by atoms with van der Waals surface area (Å²) in [5.74, 6) is 0.441. The highest BCUT2D eigenvalue weighted by atomic mass is 32.1. The summed E-state index contributed by atoms with van der Waals surface area (Å²) in [5, 5.41) is 18.3. The summed E-state index contributed by atoms with van der Waals surface area (Å²) in [5.41, 5.74) is 2.85. The molecule has 2 N–H and O–H groups in total. The van der Waals surface area contributed by atoms with Gasteiger partial charge in [0.1, 0.15) is 10.8 Å². The highest BCUT2D eigenvalue weighted by molar-refractivity contribution is 7.80. The van der Waals surface area contributed by atoms with E-state index in [2.05, 4.69) is 20.6 Å². The number of hydrogen-bond donors (Lipinski definition) is 2. The summed E-state index contributed by atoms with van der Waals surface area (Å²) in [6, 6.07) is 13.8. The molecule has 0 amide bonds. The predicted octanol–water partition coefficient (Wildman–Crippen LogP) is 5.08. The molecule has 0 aliphatic carbocycles. The molecule has 4 rings (SSSR count). The fraction of sp³-hybridized carbons (Fsp3) is 0.0500. The lowest BCUT2D eigenvalue weighted by Crippen LogP contribution is -2.20. The van der Waals surface area contributed by atoms with Gasteiger partial charge in [0.05, 0.1) is 33.6 Å². The minimum atomic E-state index is -0.474. The number of rotatable bonds is 5. The predicted molar refractivity (Wildman–Crippen MR) is 122 cm³/mol. The molecule has 150 valence electrons. The van der Waals surface area contributed by atoms with Crippen molar-refractivity contribution in [1.29, 1.82) is 0 Å². The van der Waals surface area contributed by atoms with Gasteiger partial charge >= 0.3 is 0 Å². The quantitative estimate of drug-likeness (QED) is 0.253. The van der Waals surface area contributed by atoms with E-state index in [0.717, 1.165) is 26.5 Å². The molecule has 2 heterocycles. The number of methoxy groups -OCH3 is 1. The second kappa shape index (κ2) is 8.39. The van der Waals surface area contributed by atoms with Crippen molar-refractivity contribution in [2.45, 2.75) is 0 Å². The van der Waals surface area contributed by atoms with Crippen molar-refractivity contribution < 1.29 is 9.66 Å². The zero-order chi connectivity index (χ0) is 21.1. The van der Waals surface area contributed by atoms with Gasteiger partial charge in [0, 0.05) is 30.1 Å². The van der Waals surface area contributed by atoms with Gasteiger partial charge in [-0.15, -0.1) is 11.3 Å². The molecule has 0 saturated heterocycles. The topological polar surface area (TPSA) is 102 Å². The molecule has 0 bridgehead atoms. The van der Waals surface area contributed by atoms with Gasteiger partial charge in [-0.2, -0.15) is 0 Å². The summed E-state index contributed by atoms with van der Waals surface area (Å²) < 4.78 is 6.26. The molecule has 0 saturated carbocycles. The minimum Gasteiger partial charge on any atom is -0.495 e. The van der Waals surface area contributed by atoms with E-state index < -0.39 is 4.92 Å². The van der Waals surface area contributed by atoms with Gasteiger partial charge in [-0.25, -0.2) is 4.98 Å². The van der Waals surface area contributed by atoms with Crippen LogP contribution in [-0.2, 0) is 0 Å². The summed E-state index contributed by atoms with van der Waals surface area (Å²) in [7, 11) is 1.49. The van der Waals surface area contributed by atoms with Gasteiger partial charge in [0.25, 0.3) is 5.69 Å². The number of pyridine rings is 1. The first-order chi connectivity index (χ1) is 14.5. The molecule has 0 aliphatic heterocycles. The first-order valence-corrected chi connectivity index (χ1v) is 9.98. The van der Waals surface area contributed by atoms with Crippen LogP contribution in [-0.4, -0.2) is 27.1 Å². The Morgan fingerprint density at radius 3 is 2.73 bits per heavy atom. The van der Waals surface area contributed by atoms with Crippen molar-refractivity contribution >= 4 is 55.9 Å². The number of thiocarbonyl (C=S) groups is 1. The molecular formula is C20H15N5O3S2. The van der Waals surface area contributed by atoms with Gasteiger partial charge in [-0.05, 0) is 36.5 Å². The number of fused-ring (bicyclic) bond motifs is 1. The van der Waals surface area contributed by atoms with Gasteiger partial charge < -0.3 is 15.4 Å². The molecule has 4 aromatic rings. The van der Waals surface area contributed by atoms with Crippen LogP contribution in [0.15, 0.2) is 60.9 Å².